The van der Waals surface area contributed by atoms with Crippen molar-refractivity contribution in [2.45, 2.75) is 0 Å². The van der Waals surface area contributed by atoms with Crippen LogP contribution in [0, 0.1) is 0 Å². The lowest BCUT2D eigenvalue weighted by Gasteiger charge is -2.07. The molecule has 0 aliphatic heterocycles. The van der Waals surface area contributed by atoms with E-state index < -0.39 is 0 Å². The lowest BCUT2D eigenvalue weighted by Crippen LogP contribution is -2.05. The Kier molecular flexibility index (Phi) is 4.40. The summed E-state index contributed by atoms with van der Waals surface area (Å²) in [5.74, 6) is 0. The van der Waals surface area contributed by atoms with E-state index in [9.17, 15) is 0 Å². The predicted octanol–water partition coefficient (Wildman–Crippen LogP) is 2.67. The average Bonchev–Trinajstić information content (AvgIpc) is 2.26. The summed E-state index contributed by atoms with van der Waals surface area (Å²) < 4.78 is 0. The van der Waals surface area contributed by atoms with Gasteiger partial charge in [-0.25, -0.2) is 0 Å². The van der Waals surface area contributed by atoms with Gasteiger partial charge in [0, 0.05) is 17.6 Å². The van der Waals surface area contributed by atoms with Crippen molar-refractivity contribution in [3.8, 4) is 0 Å². The van der Waals surface area contributed by atoms with Crippen LogP contribution in [0.1, 0.15) is 0 Å². The van der Waals surface area contributed by atoms with Gasteiger partial charge in [-0.2, -0.15) is 0 Å². The van der Waals surface area contributed by atoms with Crippen molar-refractivity contribution in [1.82, 2.24) is 0 Å². The molecule has 80 valence electrons. The number of halogens is 1. The Morgan fingerprint density at radius 3 is 2.53 bits per heavy atom. The van der Waals surface area contributed by atoms with Crippen LogP contribution in [-0.4, -0.2) is 18.3 Å². The van der Waals surface area contributed by atoms with E-state index in [1.807, 2.05) is 24.3 Å². The zero-order valence-electron chi connectivity index (χ0n) is 8.31. The summed E-state index contributed by atoms with van der Waals surface area (Å²) >= 11 is 0. The fraction of sp³-hybridized carbons (Fsp3) is 0.167. The topological polar surface area (TPSA) is 32.3 Å². The molecule has 15 heavy (non-hydrogen) atoms. The number of aliphatic hydroxyl groups is 1. The van der Waals surface area contributed by atoms with E-state index in [4.69, 9.17) is 5.11 Å². The zero-order chi connectivity index (χ0) is 9.80. The van der Waals surface area contributed by atoms with E-state index >= 15 is 0 Å². The molecular formula is C12H14ClNO. The fourth-order valence-electron chi connectivity index (χ4n) is 1.57. The molecule has 2 nitrogen and oxygen atoms in total. The van der Waals surface area contributed by atoms with Gasteiger partial charge in [-0.15, -0.1) is 12.4 Å². The monoisotopic (exact) mass is 223 g/mol. The van der Waals surface area contributed by atoms with Gasteiger partial charge in [-0.1, -0.05) is 36.4 Å². The van der Waals surface area contributed by atoms with Gasteiger partial charge >= 0.3 is 0 Å². The van der Waals surface area contributed by atoms with Crippen molar-refractivity contribution in [3.05, 3.63) is 42.5 Å². The molecule has 2 aromatic rings. The Bertz CT molecular complexity index is 425. The van der Waals surface area contributed by atoms with Crippen molar-refractivity contribution in [2.24, 2.45) is 0 Å². The molecule has 0 saturated carbocycles. The summed E-state index contributed by atoms with van der Waals surface area (Å²) in [5.41, 5.74) is 1.08. The molecule has 0 bridgehead atoms. The van der Waals surface area contributed by atoms with E-state index in [1.165, 1.54) is 10.8 Å². The van der Waals surface area contributed by atoms with E-state index in [-0.39, 0.29) is 19.0 Å². The van der Waals surface area contributed by atoms with Crippen LogP contribution >= 0.6 is 12.4 Å². The molecule has 0 unspecified atom stereocenters. The van der Waals surface area contributed by atoms with Crippen molar-refractivity contribution in [2.75, 3.05) is 18.5 Å². The van der Waals surface area contributed by atoms with Crippen molar-refractivity contribution in [3.63, 3.8) is 0 Å². The van der Waals surface area contributed by atoms with Crippen molar-refractivity contribution >= 4 is 28.9 Å². The first-order valence-corrected chi connectivity index (χ1v) is 4.74. The molecule has 3 heteroatoms. The van der Waals surface area contributed by atoms with Crippen molar-refractivity contribution < 1.29 is 5.11 Å². The van der Waals surface area contributed by atoms with Gasteiger partial charge in [0.2, 0.25) is 0 Å². The van der Waals surface area contributed by atoms with Crippen LogP contribution in [-0.2, 0) is 0 Å². The standard InChI is InChI=1S/C12H13NO.ClH/c14-9-8-13-12-7-3-5-10-4-1-2-6-11(10)12;/h1-7,13-14H,8-9H2;1H. The van der Waals surface area contributed by atoms with Crippen LogP contribution in [0.2, 0.25) is 0 Å². The molecule has 0 aliphatic rings. The second kappa shape index (κ2) is 5.59. The molecule has 0 amide bonds. The average molecular weight is 224 g/mol. The summed E-state index contributed by atoms with van der Waals surface area (Å²) in [6.07, 6.45) is 0. The third kappa shape index (κ3) is 2.61. The highest BCUT2D eigenvalue weighted by Crippen LogP contribution is 2.22. The molecule has 2 rings (SSSR count). The molecule has 0 atom stereocenters. The number of nitrogens with one attached hydrogen (secondary N) is 1. The number of hydrogen-bond donors (Lipinski definition) is 2. The molecular weight excluding hydrogens is 210 g/mol. The van der Waals surface area contributed by atoms with Crippen molar-refractivity contribution in [1.29, 1.82) is 0 Å². The van der Waals surface area contributed by atoms with Gasteiger partial charge in [0.05, 0.1) is 6.61 Å². The van der Waals surface area contributed by atoms with Gasteiger partial charge < -0.3 is 10.4 Å². The number of aliphatic hydroxyl groups excluding tert-OH is 1. The summed E-state index contributed by atoms with van der Waals surface area (Å²) in [4.78, 5) is 0. The minimum atomic E-state index is 0. The SMILES string of the molecule is Cl.OCCNc1cccc2ccccc12. The Morgan fingerprint density at radius 2 is 1.73 bits per heavy atom. The Labute approximate surface area is 95.3 Å². The maximum Gasteiger partial charge on any atom is 0.0604 e. The highest BCUT2D eigenvalue weighted by Gasteiger charge is 1.97. The maximum atomic E-state index is 8.74. The number of hydrogen-bond acceptors (Lipinski definition) is 2. The van der Waals surface area contributed by atoms with Crippen LogP contribution in [0.5, 0.6) is 0 Å². The smallest absolute Gasteiger partial charge is 0.0604 e. The predicted molar refractivity (Wildman–Crippen MR) is 66.8 cm³/mol. The van der Waals surface area contributed by atoms with E-state index in [0.717, 1.165) is 5.69 Å². The van der Waals surface area contributed by atoms with Crippen LogP contribution in [0.25, 0.3) is 10.8 Å². The van der Waals surface area contributed by atoms with Gasteiger partial charge in [0.25, 0.3) is 0 Å². The highest BCUT2D eigenvalue weighted by molar-refractivity contribution is 5.93. The summed E-state index contributed by atoms with van der Waals surface area (Å²) in [5, 5.41) is 14.3. The number of anilines is 1. The molecule has 0 heterocycles. The second-order valence-corrected chi connectivity index (χ2v) is 3.18. The highest BCUT2D eigenvalue weighted by atomic mass is 35.5. The molecule has 2 aromatic carbocycles. The van der Waals surface area contributed by atoms with E-state index in [2.05, 4.69) is 23.5 Å². The lowest BCUT2D eigenvalue weighted by molar-refractivity contribution is 0.311. The zero-order valence-corrected chi connectivity index (χ0v) is 9.13. The van der Waals surface area contributed by atoms with Gasteiger partial charge in [-0.3, -0.25) is 0 Å². The number of benzene rings is 2. The largest absolute Gasteiger partial charge is 0.395 e. The third-order valence-corrected chi connectivity index (χ3v) is 2.22. The molecule has 0 saturated heterocycles. The van der Waals surface area contributed by atoms with Gasteiger partial charge in [-0.05, 0) is 11.5 Å². The van der Waals surface area contributed by atoms with E-state index in [1.54, 1.807) is 0 Å². The Morgan fingerprint density at radius 1 is 1.00 bits per heavy atom. The number of rotatable bonds is 3. The maximum absolute atomic E-state index is 8.74. The van der Waals surface area contributed by atoms with Crippen LogP contribution in [0.4, 0.5) is 5.69 Å². The minimum Gasteiger partial charge on any atom is -0.395 e. The molecule has 0 spiro atoms. The van der Waals surface area contributed by atoms with E-state index in [0.29, 0.717) is 6.54 Å². The molecule has 0 radical (unpaired) electrons. The first-order chi connectivity index (χ1) is 6.92. The normalized spacial score (nSPS) is 9.67. The molecule has 0 fully saturated rings. The third-order valence-electron chi connectivity index (χ3n) is 2.22. The summed E-state index contributed by atoms with van der Waals surface area (Å²) in [6, 6.07) is 14.3. The lowest BCUT2D eigenvalue weighted by atomic mass is 10.1. The van der Waals surface area contributed by atoms with Crippen LogP contribution in [0.15, 0.2) is 42.5 Å². The first-order valence-electron chi connectivity index (χ1n) is 4.74. The van der Waals surface area contributed by atoms with Gasteiger partial charge in [0.1, 0.15) is 0 Å². The van der Waals surface area contributed by atoms with Gasteiger partial charge in [0.15, 0.2) is 0 Å². The summed E-state index contributed by atoms with van der Waals surface area (Å²) in [7, 11) is 0. The fourth-order valence-corrected chi connectivity index (χ4v) is 1.57. The molecule has 2 N–H and O–H groups in total. The second-order valence-electron chi connectivity index (χ2n) is 3.18. The van der Waals surface area contributed by atoms with Crippen LogP contribution in [0.3, 0.4) is 0 Å². The molecule has 0 aromatic heterocycles. The van der Waals surface area contributed by atoms with Crippen LogP contribution < -0.4 is 5.32 Å². The first kappa shape index (κ1) is 11.8. The quantitative estimate of drug-likeness (QED) is 0.839. The summed E-state index contributed by atoms with van der Waals surface area (Å²) in [6.45, 7) is 0.747. The minimum absolute atomic E-state index is 0. The molecule has 0 aliphatic carbocycles. The Hall–Kier alpha value is -1.25. The number of fused-ring (bicyclic) bond motifs is 1. The Balaban J connectivity index is 0.00000112.